The van der Waals surface area contributed by atoms with E-state index in [2.05, 4.69) is 0 Å². The molecule has 0 radical (unpaired) electrons. The van der Waals surface area contributed by atoms with Gasteiger partial charge in [-0.1, -0.05) is 0 Å². The van der Waals surface area contributed by atoms with Crippen molar-refractivity contribution in [3.05, 3.63) is 0 Å². The average molecular weight is 266 g/mol. The van der Waals surface area contributed by atoms with E-state index in [0.29, 0.717) is 25.9 Å². The Balaban J connectivity index is 1.84. The van der Waals surface area contributed by atoms with Gasteiger partial charge in [-0.15, -0.1) is 11.6 Å². The third kappa shape index (κ3) is 3.30. The van der Waals surface area contributed by atoms with Gasteiger partial charge in [-0.2, -0.15) is 0 Å². The Kier molecular flexibility index (Phi) is 3.91. The van der Waals surface area contributed by atoms with Crippen LogP contribution >= 0.6 is 11.6 Å². The summed E-state index contributed by atoms with van der Waals surface area (Å²) >= 11 is 5.97. The molecule has 2 aliphatic rings. The fourth-order valence-electron chi connectivity index (χ4n) is 2.61. The quantitative estimate of drug-likeness (QED) is 0.668. The second-order valence-corrected chi connectivity index (χ2v) is 5.75. The van der Waals surface area contributed by atoms with E-state index >= 15 is 0 Å². The first-order valence-corrected chi connectivity index (χ1v) is 6.72. The zero-order chi connectivity index (χ0) is 12.5. The molecule has 1 heterocycles. The van der Waals surface area contributed by atoms with Gasteiger partial charge < -0.3 is 4.90 Å². The van der Waals surface area contributed by atoms with Gasteiger partial charge in [0, 0.05) is 37.2 Å². The normalized spacial score (nSPS) is 27.1. The molecule has 0 aromatic carbocycles. The Bertz CT molecular complexity index is 280. The maximum absolute atomic E-state index is 13.0. The lowest BCUT2D eigenvalue weighted by Gasteiger charge is -2.35. The summed E-state index contributed by atoms with van der Waals surface area (Å²) in [7, 11) is 0. The minimum Gasteiger partial charge on any atom is -0.342 e. The molecule has 1 aliphatic heterocycles. The maximum Gasteiger partial charge on any atom is 0.248 e. The van der Waals surface area contributed by atoms with Gasteiger partial charge in [-0.25, -0.2) is 8.78 Å². The van der Waals surface area contributed by atoms with Crippen LogP contribution in [-0.2, 0) is 4.79 Å². The summed E-state index contributed by atoms with van der Waals surface area (Å²) in [6.45, 7) is 1.36. The second-order valence-electron chi connectivity index (χ2n) is 5.13. The Morgan fingerprint density at radius 2 is 1.65 bits per heavy atom. The second kappa shape index (κ2) is 5.09. The van der Waals surface area contributed by atoms with Crippen molar-refractivity contribution in [1.29, 1.82) is 0 Å². The summed E-state index contributed by atoms with van der Waals surface area (Å²) in [5.74, 6) is -2.69. The maximum atomic E-state index is 13.0. The van der Waals surface area contributed by atoms with Crippen LogP contribution in [0, 0.1) is 5.92 Å². The predicted octanol–water partition coefficient (Wildman–Crippen LogP) is 3.04. The highest BCUT2D eigenvalue weighted by Gasteiger charge is 2.38. The van der Waals surface area contributed by atoms with Crippen molar-refractivity contribution < 1.29 is 13.6 Å². The molecule has 0 unspecified atom stereocenters. The zero-order valence-corrected chi connectivity index (χ0v) is 10.6. The number of hydrogen-bond donors (Lipinski definition) is 0. The van der Waals surface area contributed by atoms with Crippen LogP contribution in [0.25, 0.3) is 0 Å². The van der Waals surface area contributed by atoms with Crippen LogP contribution in [-0.4, -0.2) is 35.2 Å². The molecule has 2 rings (SSSR count). The molecule has 0 aromatic heterocycles. The van der Waals surface area contributed by atoms with Crippen LogP contribution in [0.4, 0.5) is 8.78 Å². The van der Waals surface area contributed by atoms with Crippen LogP contribution in [0.3, 0.4) is 0 Å². The molecule has 17 heavy (non-hydrogen) atoms. The average Bonchev–Trinajstić information content (AvgIpc) is 2.29. The largest absolute Gasteiger partial charge is 0.342 e. The Hall–Kier alpha value is -0.380. The molecule has 1 amide bonds. The van der Waals surface area contributed by atoms with E-state index in [9.17, 15) is 13.6 Å². The van der Waals surface area contributed by atoms with Crippen LogP contribution in [0.2, 0.25) is 0 Å². The number of alkyl halides is 3. The molecular weight excluding hydrogens is 248 g/mol. The SMILES string of the molecule is O=C(C1CCC(F)(F)CC1)N1CCC(Cl)CC1. The van der Waals surface area contributed by atoms with Gasteiger partial charge in [-0.3, -0.25) is 4.79 Å². The van der Waals surface area contributed by atoms with Crippen LogP contribution in [0.1, 0.15) is 38.5 Å². The molecule has 0 N–H and O–H groups in total. The van der Waals surface area contributed by atoms with Crippen molar-refractivity contribution in [3.63, 3.8) is 0 Å². The first-order valence-electron chi connectivity index (χ1n) is 6.29. The molecule has 2 nitrogen and oxygen atoms in total. The van der Waals surface area contributed by atoms with Gasteiger partial charge in [0.25, 0.3) is 0 Å². The molecule has 0 atom stereocenters. The summed E-state index contributed by atoms with van der Waals surface area (Å²) in [5, 5.41) is 0.162. The number of piperidine rings is 1. The highest BCUT2D eigenvalue weighted by atomic mass is 35.5. The third-order valence-corrected chi connectivity index (χ3v) is 4.24. The van der Waals surface area contributed by atoms with E-state index in [-0.39, 0.29) is 30.0 Å². The lowest BCUT2D eigenvalue weighted by atomic mass is 9.85. The van der Waals surface area contributed by atoms with Gasteiger partial charge in [-0.05, 0) is 25.7 Å². The summed E-state index contributed by atoms with van der Waals surface area (Å²) in [6, 6.07) is 0. The fourth-order valence-corrected chi connectivity index (χ4v) is 2.81. The van der Waals surface area contributed by atoms with E-state index in [1.165, 1.54) is 0 Å². The zero-order valence-electron chi connectivity index (χ0n) is 9.80. The molecule has 98 valence electrons. The lowest BCUT2D eigenvalue weighted by Crippen LogP contribution is -2.43. The lowest BCUT2D eigenvalue weighted by molar-refractivity contribution is -0.140. The number of halogens is 3. The first kappa shape index (κ1) is 13.1. The summed E-state index contributed by atoms with van der Waals surface area (Å²) in [4.78, 5) is 13.9. The van der Waals surface area contributed by atoms with E-state index in [0.717, 1.165) is 12.8 Å². The Labute approximate surface area is 105 Å². The molecule has 2 fully saturated rings. The van der Waals surface area contributed by atoms with Crippen molar-refractivity contribution in [2.45, 2.75) is 49.8 Å². The molecule has 0 bridgehead atoms. The van der Waals surface area contributed by atoms with Crippen LogP contribution in [0.5, 0.6) is 0 Å². The van der Waals surface area contributed by atoms with E-state index in [4.69, 9.17) is 11.6 Å². The Morgan fingerprint density at radius 3 is 2.18 bits per heavy atom. The third-order valence-electron chi connectivity index (χ3n) is 3.80. The monoisotopic (exact) mass is 265 g/mol. The number of carbonyl (C=O) groups is 1. The molecule has 0 spiro atoms. The first-order chi connectivity index (χ1) is 7.98. The van der Waals surface area contributed by atoms with Gasteiger partial charge in [0.2, 0.25) is 11.8 Å². The van der Waals surface area contributed by atoms with Crippen molar-refractivity contribution in [2.24, 2.45) is 5.92 Å². The molecule has 0 aromatic rings. The summed E-state index contributed by atoms with van der Waals surface area (Å²) < 4.78 is 26.0. The van der Waals surface area contributed by atoms with Crippen LogP contribution in [0.15, 0.2) is 0 Å². The van der Waals surface area contributed by atoms with E-state index < -0.39 is 5.92 Å². The van der Waals surface area contributed by atoms with Crippen molar-refractivity contribution in [2.75, 3.05) is 13.1 Å². The fraction of sp³-hybridized carbons (Fsp3) is 0.917. The van der Waals surface area contributed by atoms with Crippen molar-refractivity contribution >= 4 is 17.5 Å². The van der Waals surface area contributed by atoms with Crippen LogP contribution < -0.4 is 0 Å². The van der Waals surface area contributed by atoms with Crippen molar-refractivity contribution in [3.8, 4) is 0 Å². The molecule has 1 aliphatic carbocycles. The summed E-state index contributed by atoms with van der Waals surface area (Å²) in [5.41, 5.74) is 0. The van der Waals surface area contributed by atoms with Gasteiger partial charge >= 0.3 is 0 Å². The molecule has 5 heteroatoms. The Morgan fingerprint density at radius 1 is 1.12 bits per heavy atom. The topological polar surface area (TPSA) is 20.3 Å². The van der Waals surface area contributed by atoms with E-state index in [1.807, 2.05) is 0 Å². The van der Waals surface area contributed by atoms with Gasteiger partial charge in [0.05, 0.1) is 0 Å². The minimum atomic E-state index is -2.56. The van der Waals surface area contributed by atoms with Gasteiger partial charge in [0.1, 0.15) is 0 Å². The number of hydrogen-bond acceptors (Lipinski definition) is 1. The molecule has 1 saturated heterocycles. The highest BCUT2D eigenvalue weighted by Crippen LogP contribution is 2.37. The van der Waals surface area contributed by atoms with Gasteiger partial charge in [0.15, 0.2) is 0 Å². The highest BCUT2D eigenvalue weighted by molar-refractivity contribution is 6.20. The predicted molar refractivity (Wildman–Crippen MR) is 62.4 cm³/mol. The number of nitrogens with zero attached hydrogens (tertiary/aromatic N) is 1. The molecule has 1 saturated carbocycles. The number of rotatable bonds is 1. The molecular formula is C12H18ClF2NO. The number of likely N-dealkylation sites (tertiary alicyclic amines) is 1. The standard InChI is InChI=1S/C12H18ClF2NO/c13-10-3-7-16(8-4-10)11(17)9-1-5-12(14,15)6-2-9/h9-10H,1-8H2. The van der Waals surface area contributed by atoms with Crippen molar-refractivity contribution in [1.82, 2.24) is 4.90 Å². The number of amides is 1. The smallest absolute Gasteiger partial charge is 0.248 e. The summed E-state index contributed by atoms with van der Waals surface area (Å²) in [6.07, 6.45) is 2.00. The minimum absolute atomic E-state index is 0.0593. The van der Waals surface area contributed by atoms with E-state index in [1.54, 1.807) is 4.90 Å². The number of carbonyl (C=O) groups excluding carboxylic acids is 1.